The van der Waals surface area contributed by atoms with E-state index in [1.54, 1.807) is 30.7 Å². The molecule has 3 heterocycles. The smallest absolute Gasteiger partial charge is 0.274 e. The van der Waals surface area contributed by atoms with E-state index in [9.17, 15) is 4.79 Å². The van der Waals surface area contributed by atoms with Gasteiger partial charge in [-0.1, -0.05) is 18.2 Å². The number of hydrogen-bond donors (Lipinski definition) is 3. The van der Waals surface area contributed by atoms with E-state index in [1.165, 1.54) is 0 Å². The maximum Gasteiger partial charge on any atom is 0.274 e. The van der Waals surface area contributed by atoms with Crippen molar-refractivity contribution in [2.75, 3.05) is 5.32 Å². The van der Waals surface area contributed by atoms with Gasteiger partial charge in [-0.05, 0) is 42.5 Å². The highest BCUT2D eigenvalue weighted by Gasteiger charge is 2.13. The van der Waals surface area contributed by atoms with Gasteiger partial charge in [0, 0.05) is 28.4 Å². The van der Waals surface area contributed by atoms with Crippen LogP contribution in [0.25, 0.3) is 33.5 Å². The molecule has 0 spiro atoms. The first-order valence-electron chi connectivity index (χ1n) is 8.95. The quantitative estimate of drug-likeness (QED) is 0.440. The van der Waals surface area contributed by atoms with E-state index in [1.807, 2.05) is 42.5 Å². The number of rotatable bonds is 4. The van der Waals surface area contributed by atoms with Crippen LogP contribution in [-0.4, -0.2) is 36.3 Å². The highest BCUT2D eigenvalue weighted by atomic mass is 16.1. The van der Waals surface area contributed by atoms with Gasteiger partial charge in [-0.25, -0.2) is 4.98 Å². The summed E-state index contributed by atoms with van der Waals surface area (Å²) >= 11 is 0. The lowest BCUT2D eigenvalue weighted by Crippen LogP contribution is -2.13. The van der Waals surface area contributed by atoms with Crippen molar-refractivity contribution < 1.29 is 4.79 Å². The van der Waals surface area contributed by atoms with E-state index in [2.05, 4.69) is 35.7 Å². The molecule has 3 N–H and O–H groups in total. The number of anilines is 1. The molecule has 0 unspecified atom stereocenters. The molecule has 0 aliphatic heterocycles. The van der Waals surface area contributed by atoms with Crippen molar-refractivity contribution in [1.29, 1.82) is 0 Å². The molecule has 5 aromatic rings. The van der Waals surface area contributed by atoms with Gasteiger partial charge in [-0.15, -0.1) is 0 Å². The van der Waals surface area contributed by atoms with E-state index in [0.717, 1.165) is 27.7 Å². The summed E-state index contributed by atoms with van der Waals surface area (Å²) in [4.78, 5) is 20.7. The van der Waals surface area contributed by atoms with E-state index in [4.69, 9.17) is 0 Å². The summed E-state index contributed by atoms with van der Waals surface area (Å²) in [5.74, 6) is 0.358. The molecule has 0 aliphatic rings. The number of pyridine rings is 1. The number of amides is 1. The number of aromatic nitrogens is 6. The largest absolute Gasteiger partial charge is 0.321 e. The van der Waals surface area contributed by atoms with Crippen LogP contribution in [0.3, 0.4) is 0 Å². The number of carbonyl (C=O) groups is 1. The van der Waals surface area contributed by atoms with Crippen molar-refractivity contribution in [3.8, 4) is 22.6 Å². The lowest BCUT2D eigenvalue weighted by atomic mass is 10.0. The van der Waals surface area contributed by atoms with Crippen LogP contribution >= 0.6 is 0 Å². The maximum absolute atomic E-state index is 12.4. The van der Waals surface area contributed by atoms with Crippen LogP contribution in [0.15, 0.2) is 73.2 Å². The second kappa shape index (κ2) is 7.01. The van der Waals surface area contributed by atoms with E-state index >= 15 is 0 Å². The molecule has 0 radical (unpaired) electrons. The number of fused-ring (bicyclic) bond motifs is 1. The first-order valence-corrected chi connectivity index (χ1v) is 8.95. The first kappa shape index (κ1) is 16.8. The number of aromatic amines is 2. The highest BCUT2D eigenvalue weighted by Crippen LogP contribution is 2.30. The van der Waals surface area contributed by atoms with Gasteiger partial charge in [0.1, 0.15) is 12.0 Å². The van der Waals surface area contributed by atoms with Gasteiger partial charge in [-0.3, -0.25) is 20.0 Å². The van der Waals surface area contributed by atoms with Gasteiger partial charge < -0.3 is 5.32 Å². The molecule has 29 heavy (non-hydrogen) atoms. The predicted octanol–water partition coefficient (Wildman–Crippen LogP) is 3.66. The van der Waals surface area contributed by atoms with Gasteiger partial charge in [-0.2, -0.15) is 10.2 Å². The molecule has 140 valence electrons. The molecule has 0 fully saturated rings. The third-order valence-corrected chi connectivity index (χ3v) is 4.53. The topological polar surface area (TPSA) is 112 Å². The summed E-state index contributed by atoms with van der Waals surface area (Å²) in [6, 6.07) is 18.7. The number of H-pyrrole nitrogens is 2. The maximum atomic E-state index is 12.4. The number of carbonyl (C=O) groups excluding carboxylic acids is 1. The second-order valence-corrected chi connectivity index (χ2v) is 6.41. The van der Waals surface area contributed by atoms with Crippen LogP contribution < -0.4 is 5.32 Å². The summed E-state index contributed by atoms with van der Waals surface area (Å²) in [5, 5.41) is 18.2. The Balaban J connectivity index is 1.50. The zero-order valence-electron chi connectivity index (χ0n) is 15.1. The Hall–Kier alpha value is -4.33. The molecule has 5 rings (SSSR count). The fourth-order valence-electron chi connectivity index (χ4n) is 3.16. The molecule has 0 atom stereocenters. The number of nitrogens with zero attached hydrogens (tertiary/aromatic N) is 4. The number of benzene rings is 2. The monoisotopic (exact) mass is 381 g/mol. The lowest BCUT2D eigenvalue weighted by molar-refractivity contribution is 0.102. The molecule has 3 aromatic heterocycles. The summed E-state index contributed by atoms with van der Waals surface area (Å²) < 4.78 is 0. The normalized spacial score (nSPS) is 10.9. The van der Waals surface area contributed by atoms with Crippen molar-refractivity contribution in [2.24, 2.45) is 0 Å². The van der Waals surface area contributed by atoms with Gasteiger partial charge in [0.15, 0.2) is 5.82 Å². The molecule has 2 aromatic carbocycles. The molecule has 0 saturated carbocycles. The second-order valence-electron chi connectivity index (χ2n) is 6.41. The van der Waals surface area contributed by atoms with Crippen LogP contribution in [0.1, 0.15) is 10.5 Å². The SMILES string of the molecule is O=C(Nc1cccc(-c2n[nH]c3ccc(-c4nc[nH]n4)cc23)c1)c1ccccn1. The van der Waals surface area contributed by atoms with Gasteiger partial charge >= 0.3 is 0 Å². The van der Waals surface area contributed by atoms with E-state index < -0.39 is 0 Å². The predicted molar refractivity (Wildman–Crippen MR) is 109 cm³/mol. The summed E-state index contributed by atoms with van der Waals surface area (Å²) in [5.41, 5.74) is 4.48. The van der Waals surface area contributed by atoms with E-state index in [0.29, 0.717) is 17.2 Å². The van der Waals surface area contributed by atoms with Gasteiger partial charge in [0.05, 0.1) is 11.2 Å². The fraction of sp³-hybridized carbons (Fsp3) is 0. The van der Waals surface area contributed by atoms with Crippen LogP contribution in [-0.2, 0) is 0 Å². The third-order valence-electron chi connectivity index (χ3n) is 4.53. The Morgan fingerprint density at radius 2 is 1.86 bits per heavy atom. The molecule has 0 bridgehead atoms. The average Bonchev–Trinajstić information content (AvgIpc) is 3.44. The van der Waals surface area contributed by atoms with Crippen molar-refractivity contribution in [3.63, 3.8) is 0 Å². The molecular formula is C21H15N7O. The first-order chi connectivity index (χ1) is 14.3. The summed E-state index contributed by atoms with van der Waals surface area (Å²) in [7, 11) is 0. The summed E-state index contributed by atoms with van der Waals surface area (Å²) in [6.45, 7) is 0. The van der Waals surface area contributed by atoms with Crippen LogP contribution in [0.2, 0.25) is 0 Å². The van der Waals surface area contributed by atoms with Crippen molar-refractivity contribution in [3.05, 3.63) is 78.9 Å². The summed E-state index contributed by atoms with van der Waals surface area (Å²) in [6.07, 6.45) is 3.14. The zero-order chi connectivity index (χ0) is 19.6. The molecule has 8 nitrogen and oxygen atoms in total. The Bertz CT molecular complexity index is 1290. The zero-order valence-corrected chi connectivity index (χ0v) is 15.1. The number of hydrogen-bond acceptors (Lipinski definition) is 5. The Morgan fingerprint density at radius 1 is 0.897 bits per heavy atom. The molecular weight excluding hydrogens is 366 g/mol. The van der Waals surface area contributed by atoms with Crippen LogP contribution in [0, 0.1) is 0 Å². The van der Waals surface area contributed by atoms with Crippen molar-refractivity contribution >= 4 is 22.5 Å². The highest BCUT2D eigenvalue weighted by molar-refractivity contribution is 6.03. The Labute approximate surface area is 165 Å². The molecule has 1 amide bonds. The van der Waals surface area contributed by atoms with Crippen molar-refractivity contribution in [2.45, 2.75) is 0 Å². The lowest BCUT2D eigenvalue weighted by Gasteiger charge is -2.06. The van der Waals surface area contributed by atoms with Crippen LogP contribution in [0.4, 0.5) is 5.69 Å². The minimum absolute atomic E-state index is 0.262. The standard InChI is InChI=1S/C21H15N7O/c29-21(18-6-1-2-9-22-18)25-15-5-3-4-13(10-15)19-16-11-14(20-23-12-24-28-20)7-8-17(16)26-27-19/h1-12H,(H,25,29)(H,26,27)(H,23,24,28). The van der Waals surface area contributed by atoms with Gasteiger partial charge in [0.25, 0.3) is 5.91 Å². The molecule has 0 aliphatic carbocycles. The molecule has 0 saturated heterocycles. The minimum Gasteiger partial charge on any atom is -0.321 e. The van der Waals surface area contributed by atoms with Crippen molar-refractivity contribution in [1.82, 2.24) is 30.4 Å². The minimum atomic E-state index is -0.262. The van der Waals surface area contributed by atoms with Gasteiger partial charge in [0.2, 0.25) is 0 Å². The Morgan fingerprint density at radius 3 is 2.69 bits per heavy atom. The third kappa shape index (κ3) is 3.23. The fourth-order valence-corrected chi connectivity index (χ4v) is 3.16. The Kier molecular flexibility index (Phi) is 4.06. The number of nitrogens with one attached hydrogen (secondary N) is 3. The van der Waals surface area contributed by atoms with E-state index in [-0.39, 0.29) is 5.91 Å². The van der Waals surface area contributed by atoms with Crippen LogP contribution in [0.5, 0.6) is 0 Å². The average molecular weight is 381 g/mol. The molecule has 8 heteroatoms.